The van der Waals surface area contributed by atoms with Crippen molar-refractivity contribution in [2.45, 2.75) is 69.5 Å². The molecule has 0 amide bonds. The van der Waals surface area contributed by atoms with Crippen LogP contribution in [0.5, 0.6) is 0 Å². The number of rotatable bonds is 8. The number of hydrogen-bond acceptors (Lipinski definition) is 4. The van der Waals surface area contributed by atoms with Crippen molar-refractivity contribution in [1.29, 1.82) is 5.26 Å². The van der Waals surface area contributed by atoms with Crippen molar-refractivity contribution in [2.75, 3.05) is 33.7 Å². The lowest BCUT2D eigenvalue weighted by molar-refractivity contribution is 0.129. The summed E-state index contributed by atoms with van der Waals surface area (Å²) in [4.78, 5) is 4.94. The molecule has 1 heterocycles. The molecule has 1 aliphatic carbocycles. The van der Waals surface area contributed by atoms with Crippen LogP contribution >= 0.6 is 0 Å². The Morgan fingerprint density at radius 3 is 2.67 bits per heavy atom. The Morgan fingerprint density at radius 1 is 1.33 bits per heavy atom. The molecule has 2 rings (SSSR count). The highest BCUT2D eigenvalue weighted by atomic mass is 15.2. The average molecular weight is 292 g/mol. The fourth-order valence-electron chi connectivity index (χ4n) is 3.40. The van der Waals surface area contributed by atoms with E-state index in [0.29, 0.717) is 12.1 Å². The van der Waals surface area contributed by atoms with Gasteiger partial charge in [0.05, 0.1) is 6.07 Å². The molecule has 2 fully saturated rings. The number of piperidine rings is 1. The first-order chi connectivity index (χ1) is 10.1. The van der Waals surface area contributed by atoms with Gasteiger partial charge in [0.1, 0.15) is 5.54 Å². The van der Waals surface area contributed by atoms with Gasteiger partial charge in [-0.1, -0.05) is 6.92 Å². The highest BCUT2D eigenvalue weighted by molar-refractivity contribution is 5.09. The van der Waals surface area contributed by atoms with E-state index in [-0.39, 0.29) is 5.54 Å². The van der Waals surface area contributed by atoms with E-state index in [1.54, 1.807) is 0 Å². The first-order valence-corrected chi connectivity index (χ1v) is 8.66. The third kappa shape index (κ3) is 4.95. The molecule has 2 unspecified atom stereocenters. The van der Waals surface area contributed by atoms with Crippen LogP contribution in [0.3, 0.4) is 0 Å². The van der Waals surface area contributed by atoms with Gasteiger partial charge in [0.2, 0.25) is 0 Å². The topological polar surface area (TPSA) is 42.3 Å². The third-order valence-corrected chi connectivity index (χ3v) is 5.16. The van der Waals surface area contributed by atoms with Crippen LogP contribution < -0.4 is 5.32 Å². The fraction of sp³-hybridized carbons (Fsp3) is 0.941. The number of hydrogen-bond donors (Lipinski definition) is 1. The normalized spacial score (nSPS) is 26.5. The molecule has 4 nitrogen and oxygen atoms in total. The molecule has 0 aromatic heterocycles. The summed E-state index contributed by atoms with van der Waals surface area (Å²) >= 11 is 0. The van der Waals surface area contributed by atoms with Crippen LogP contribution in [-0.2, 0) is 0 Å². The molecule has 1 saturated heterocycles. The largest absolute Gasteiger partial charge is 0.305 e. The van der Waals surface area contributed by atoms with Crippen LogP contribution in [0.4, 0.5) is 0 Å². The van der Waals surface area contributed by atoms with Crippen LogP contribution in [0.25, 0.3) is 0 Å². The summed E-state index contributed by atoms with van der Waals surface area (Å²) in [6.45, 7) is 5.70. The van der Waals surface area contributed by atoms with Gasteiger partial charge >= 0.3 is 0 Å². The van der Waals surface area contributed by atoms with Gasteiger partial charge < -0.3 is 9.80 Å². The van der Waals surface area contributed by atoms with E-state index in [9.17, 15) is 5.26 Å². The van der Waals surface area contributed by atoms with Crippen LogP contribution in [-0.4, -0.2) is 61.2 Å². The van der Waals surface area contributed by atoms with Gasteiger partial charge in [-0.25, -0.2) is 0 Å². The maximum absolute atomic E-state index is 9.57. The van der Waals surface area contributed by atoms with Crippen molar-refractivity contribution < 1.29 is 0 Å². The van der Waals surface area contributed by atoms with Crippen molar-refractivity contribution in [3.05, 3.63) is 0 Å². The number of nitrogens with one attached hydrogen (secondary N) is 1. The molecule has 4 heteroatoms. The predicted octanol–water partition coefficient (Wildman–Crippen LogP) is 2.22. The molecule has 0 aromatic carbocycles. The van der Waals surface area contributed by atoms with E-state index < -0.39 is 0 Å². The van der Waals surface area contributed by atoms with Crippen LogP contribution in [0.2, 0.25) is 0 Å². The maximum atomic E-state index is 9.57. The Balaban J connectivity index is 1.75. The highest BCUT2D eigenvalue weighted by Gasteiger charge is 2.34. The standard InChI is InChI=1S/C17H32N4/c1-4-17(14-18,19-15-8-9-15)10-6-12-21-11-5-7-16(13-21)20(2)3/h15-16,19H,4-13H2,1-3H3. The smallest absolute Gasteiger partial charge is 0.106 e. The SMILES string of the molecule is CCC(C#N)(CCCN1CCCC(N(C)C)C1)NC1CC1. The lowest BCUT2D eigenvalue weighted by Crippen LogP contribution is -2.47. The minimum atomic E-state index is -0.280. The summed E-state index contributed by atoms with van der Waals surface area (Å²) in [6.07, 6.45) is 8.16. The molecular weight excluding hydrogens is 260 g/mol. The highest BCUT2D eigenvalue weighted by Crippen LogP contribution is 2.27. The Bertz CT molecular complexity index is 358. The van der Waals surface area contributed by atoms with Gasteiger partial charge in [-0.05, 0) is 72.1 Å². The number of nitriles is 1. The van der Waals surface area contributed by atoms with Crippen LogP contribution in [0, 0.1) is 11.3 Å². The van der Waals surface area contributed by atoms with Gasteiger partial charge in [0, 0.05) is 18.6 Å². The molecule has 120 valence electrons. The Hall–Kier alpha value is -0.630. The summed E-state index contributed by atoms with van der Waals surface area (Å²) < 4.78 is 0. The van der Waals surface area contributed by atoms with Gasteiger partial charge in [-0.3, -0.25) is 5.32 Å². The van der Waals surface area contributed by atoms with E-state index in [1.807, 2.05) is 0 Å². The summed E-state index contributed by atoms with van der Waals surface area (Å²) in [5.74, 6) is 0. The van der Waals surface area contributed by atoms with E-state index in [0.717, 1.165) is 25.8 Å². The molecule has 1 N–H and O–H groups in total. The van der Waals surface area contributed by atoms with Gasteiger partial charge in [0.15, 0.2) is 0 Å². The van der Waals surface area contributed by atoms with Crippen molar-refractivity contribution >= 4 is 0 Å². The number of nitrogens with zero attached hydrogens (tertiary/aromatic N) is 3. The van der Waals surface area contributed by atoms with Gasteiger partial charge in [0.25, 0.3) is 0 Å². The second-order valence-corrected chi connectivity index (χ2v) is 7.13. The number of likely N-dealkylation sites (N-methyl/N-ethyl adjacent to an activating group) is 1. The zero-order valence-electron chi connectivity index (χ0n) is 14.1. The van der Waals surface area contributed by atoms with E-state index in [1.165, 1.54) is 38.8 Å². The first kappa shape index (κ1) is 16.7. The quantitative estimate of drug-likeness (QED) is 0.745. The summed E-state index contributed by atoms with van der Waals surface area (Å²) in [5, 5.41) is 13.2. The summed E-state index contributed by atoms with van der Waals surface area (Å²) in [5.41, 5.74) is -0.280. The third-order valence-electron chi connectivity index (χ3n) is 5.16. The molecule has 0 spiro atoms. The molecule has 0 bridgehead atoms. The average Bonchev–Trinajstić information content (AvgIpc) is 3.30. The zero-order valence-corrected chi connectivity index (χ0v) is 14.1. The lowest BCUT2D eigenvalue weighted by atomic mass is 9.91. The second-order valence-electron chi connectivity index (χ2n) is 7.13. The van der Waals surface area contributed by atoms with Crippen molar-refractivity contribution in [3.8, 4) is 6.07 Å². The molecule has 0 radical (unpaired) electrons. The van der Waals surface area contributed by atoms with Crippen molar-refractivity contribution in [3.63, 3.8) is 0 Å². The predicted molar refractivity (Wildman–Crippen MR) is 87.2 cm³/mol. The maximum Gasteiger partial charge on any atom is 0.106 e. The zero-order chi connectivity index (χ0) is 15.3. The van der Waals surface area contributed by atoms with E-state index >= 15 is 0 Å². The van der Waals surface area contributed by atoms with Crippen LogP contribution in [0.15, 0.2) is 0 Å². The molecule has 1 saturated carbocycles. The van der Waals surface area contributed by atoms with Crippen molar-refractivity contribution in [2.24, 2.45) is 0 Å². The molecule has 2 atom stereocenters. The minimum Gasteiger partial charge on any atom is -0.305 e. The van der Waals surface area contributed by atoms with Gasteiger partial charge in [-0.2, -0.15) is 5.26 Å². The Kier molecular flexibility index (Phi) is 6.04. The van der Waals surface area contributed by atoms with E-state index in [4.69, 9.17) is 0 Å². The lowest BCUT2D eigenvalue weighted by Gasteiger charge is -2.36. The number of likely N-dealkylation sites (tertiary alicyclic amines) is 1. The second kappa shape index (κ2) is 7.58. The minimum absolute atomic E-state index is 0.280. The Labute approximate surface area is 130 Å². The molecular formula is C17H32N4. The fourth-order valence-corrected chi connectivity index (χ4v) is 3.40. The molecule has 0 aromatic rings. The summed E-state index contributed by atoms with van der Waals surface area (Å²) in [7, 11) is 4.37. The monoisotopic (exact) mass is 292 g/mol. The summed E-state index contributed by atoms with van der Waals surface area (Å²) in [6, 6.07) is 3.88. The van der Waals surface area contributed by atoms with Gasteiger partial charge in [-0.15, -0.1) is 0 Å². The van der Waals surface area contributed by atoms with E-state index in [2.05, 4.69) is 42.2 Å². The Morgan fingerprint density at radius 2 is 2.10 bits per heavy atom. The molecule has 21 heavy (non-hydrogen) atoms. The van der Waals surface area contributed by atoms with Crippen LogP contribution in [0.1, 0.15) is 51.9 Å². The molecule has 1 aliphatic heterocycles. The first-order valence-electron chi connectivity index (χ1n) is 8.66. The van der Waals surface area contributed by atoms with Crippen molar-refractivity contribution in [1.82, 2.24) is 15.1 Å². The molecule has 2 aliphatic rings.